The van der Waals surface area contributed by atoms with Crippen molar-refractivity contribution in [2.75, 3.05) is 5.32 Å². The van der Waals surface area contributed by atoms with Crippen LogP contribution in [0.2, 0.25) is 0 Å². The van der Waals surface area contributed by atoms with Gasteiger partial charge in [0.25, 0.3) is 17.5 Å². The Morgan fingerprint density at radius 1 is 1.23 bits per heavy atom. The van der Waals surface area contributed by atoms with Gasteiger partial charge in [-0.05, 0) is 36.8 Å². The molecule has 0 spiro atoms. The summed E-state index contributed by atoms with van der Waals surface area (Å²) in [6.07, 6.45) is 1.54. The van der Waals surface area contributed by atoms with Gasteiger partial charge in [0.15, 0.2) is 5.69 Å². The minimum Gasteiger partial charge on any atom is -0.489 e. The average molecular weight is 409 g/mol. The van der Waals surface area contributed by atoms with Crippen molar-refractivity contribution in [2.24, 2.45) is 5.73 Å². The van der Waals surface area contributed by atoms with Crippen LogP contribution in [0.25, 0.3) is 0 Å². The molecule has 0 saturated carbocycles. The molecule has 0 saturated heterocycles. The fourth-order valence-corrected chi connectivity index (χ4v) is 2.68. The van der Waals surface area contributed by atoms with Gasteiger partial charge in [-0.1, -0.05) is 12.1 Å². The van der Waals surface area contributed by atoms with E-state index in [1.165, 1.54) is 28.9 Å². The number of carbonyl (C=O) groups is 2. The zero-order chi connectivity index (χ0) is 21.7. The summed E-state index contributed by atoms with van der Waals surface area (Å²) >= 11 is 0. The number of hydrogen-bond acceptors (Lipinski definition) is 6. The van der Waals surface area contributed by atoms with E-state index in [4.69, 9.17) is 10.5 Å². The van der Waals surface area contributed by atoms with Crippen LogP contribution in [0, 0.1) is 10.1 Å². The second-order valence-corrected chi connectivity index (χ2v) is 6.31. The summed E-state index contributed by atoms with van der Waals surface area (Å²) in [7, 11) is 0. The standard InChI is InChI=1S/C20H19N5O5/c1-2-24-11-17(18(23-24)19(21)26)22-20(27)14-5-3-4-13(10-14)12-30-16-8-6-15(7-9-16)25(28)29/h3-11H,2,12H2,1H3,(H2,21,26)(H,22,27). The maximum Gasteiger partial charge on any atom is 0.271 e. The third-order valence-electron chi connectivity index (χ3n) is 4.21. The summed E-state index contributed by atoms with van der Waals surface area (Å²) in [6.45, 7) is 2.53. The fraction of sp³-hybridized carbons (Fsp3) is 0.150. The minimum atomic E-state index is -0.734. The molecule has 154 valence electrons. The van der Waals surface area contributed by atoms with Crippen LogP contribution in [0.1, 0.15) is 33.3 Å². The van der Waals surface area contributed by atoms with Gasteiger partial charge >= 0.3 is 0 Å². The Labute approximate surface area is 171 Å². The lowest BCUT2D eigenvalue weighted by Crippen LogP contribution is -2.18. The summed E-state index contributed by atoms with van der Waals surface area (Å²) < 4.78 is 7.12. The molecule has 0 fully saturated rings. The van der Waals surface area contributed by atoms with Crippen molar-refractivity contribution in [3.8, 4) is 5.75 Å². The molecular formula is C20H19N5O5. The topological polar surface area (TPSA) is 142 Å². The molecule has 0 atom stereocenters. The Morgan fingerprint density at radius 2 is 1.97 bits per heavy atom. The van der Waals surface area contributed by atoms with Gasteiger partial charge in [-0.15, -0.1) is 0 Å². The summed E-state index contributed by atoms with van der Waals surface area (Å²) in [5.74, 6) is -0.693. The molecule has 0 unspecified atom stereocenters. The van der Waals surface area contributed by atoms with Gasteiger partial charge in [0.05, 0.1) is 10.6 Å². The smallest absolute Gasteiger partial charge is 0.271 e. The zero-order valence-corrected chi connectivity index (χ0v) is 16.1. The largest absolute Gasteiger partial charge is 0.489 e. The van der Waals surface area contributed by atoms with Gasteiger partial charge in [-0.2, -0.15) is 5.10 Å². The van der Waals surface area contributed by atoms with Gasteiger partial charge in [-0.3, -0.25) is 24.4 Å². The van der Waals surface area contributed by atoms with Crippen LogP contribution >= 0.6 is 0 Å². The number of hydrogen-bond donors (Lipinski definition) is 2. The molecule has 3 aromatic rings. The Morgan fingerprint density at radius 3 is 2.60 bits per heavy atom. The van der Waals surface area contributed by atoms with E-state index < -0.39 is 16.7 Å². The molecular weight excluding hydrogens is 390 g/mol. The molecule has 3 rings (SSSR count). The van der Waals surface area contributed by atoms with Gasteiger partial charge in [0.2, 0.25) is 0 Å². The molecule has 3 N–H and O–H groups in total. The van der Waals surface area contributed by atoms with Gasteiger partial charge in [-0.25, -0.2) is 0 Å². The van der Waals surface area contributed by atoms with Crippen LogP contribution in [-0.4, -0.2) is 26.5 Å². The van der Waals surface area contributed by atoms with Crippen LogP contribution in [0.3, 0.4) is 0 Å². The van der Waals surface area contributed by atoms with Crippen LogP contribution < -0.4 is 15.8 Å². The summed E-state index contributed by atoms with van der Waals surface area (Å²) in [6, 6.07) is 12.5. The summed E-state index contributed by atoms with van der Waals surface area (Å²) in [5.41, 5.74) is 6.61. The Hall–Kier alpha value is -4.21. The highest BCUT2D eigenvalue weighted by Crippen LogP contribution is 2.19. The number of nitrogens with zero attached hydrogens (tertiary/aromatic N) is 3. The number of non-ortho nitro benzene ring substituents is 1. The first-order valence-corrected chi connectivity index (χ1v) is 9.02. The number of primary amides is 1. The molecule has 0 radical (unpaired) electrons. The van der Waals surface area contributed by atoms with Crippen molar-refractivity contribution < 1.29 is 19.2 Å². The number of aryl methyl sites for hydroxylation is 1. The zero-order valence-electron chi connectivity index (χ0n) is 16.1. The van der Waals surface area contributed by atoms with E-state index in [1.807, 2.05) is 6.92 Å². The molecule has 30 heavy (non-hydrogen) atoms. The van der Waals surface area contributed by atoms with E-state index in [0.29, 0.717) is 17.9 Å². The lowest BCUT2D eigenvalue weighted by molar-refractivity contribution is -0.384. The van der Waals surface area contributed by atoms with Crippen molar-refractivity contribution in [3.63, 3.8) is 0 Å². The summed E-state index contributed by atoms with van der Waals surface area (Å²) in [4.78, 5) is 34.4. The lowest BCUT2D eigenvalue weighted by Gasteiger charge is -2.08. The number of carbonyl (C=O) groups excluding carboxylic acids is 2. The third kappa shape index (κ3) is 4.79. The Bertz CT molecular complexity index is 1090. The van der Waals surface area contributed by atoms with Crippen LogP contribution in [0.5, 0.6) is 5.75 Å². The molecule has 0 aliphatic carbocycles. The number of anilines is 1. The first kappa shape index (κ1) is 20.5. The van der Waals surface area contributed by atoms with Crippen molar-refractivity contribution in [1.82, 2.24) is 9.78 Å². The fourth-order valence-electron chi connectivity index (χ4n) is 2.68. The second-order valence-electron chi connectivity index (χ2n) is 6.31. The predicted octanol–water partition coefficient (Wildman–Crippen LogP) is 2.74. The van der Waals surface area contributed by atoms with E-state index in [1.54, 1.807) is 30.5 Å². The van der Waals surface area contributed by atoms with Crippen molar-refractivity contribution in [1.29, 1.82) is 0 Å². The number of ether oxygens (including phenoxy) is 1. The highest BCUT2D eigenvalue weighted by atomic mass is 16.6. The van der Waals surface area contributed by atoms with E-state index in [2.05, 4.69) is 10.4 Å². The van der Waals surface area contributed by atoms with Crippen molar-refractivity contribution in [3.05, 3.63) is 81.7 Å². The molecule has 0 aliphatic heterocycles. The molecule has 1 heterocycles. The second kappa shape index (κ2) is 8.86. The van der Waals surface area contributed by atoms with Crippen LogP contribution in [0.4, 0.5) is 11.4 Å². The number of nitrogens with one attached hydrogen (secondary N) is 1. The quantitative estimate of drug-likeness (QED) is 0.433. The van der Waals surface area contributed by atoms with E-state index in [9.17, 15) is 19.7 Å². The number of aromatic nitrogens is 2. The molecule has 1 aromatic heterocycles. The van der Waals surface area contributed by atoms with Crippen molar-refractivity contribution >= 4 is 23.2 Å². The molecule has 0 aliphatic rings. The van der Waals surface area contributed by atoms with Crippen LogP contribution in [0.15, 0.2) is 54.7 Å². The SMILES string of the molecule is CCn1cc(NC(=O)c2cccc(COc3ccc([N+](=O)[O-])cc3)c2)c(C(N)=O)n1. The number of nitro benzene ring substituents is 1. The molecule has 2 amide bonds. The maximum atomic E-state index is 12.6. The number of amides is 2. The van der Waals surface area contributed by atoms with E-state index in [0.717, 1.165) is 5.56 Å². The first-order chi connectivity index (χ1) is 14.4. The average Bonchev–Trinajstić information content (AvgIpc) is 3.16. The maximum absolute atomic E-state index is 12.6. The summed E-state index contributed by atoms with van der Waals surface area (Å²) in [5, 5.41) is 17.4. The Kier molecular flexibility index (Phi) is 6.06. The number of rotatable bonds is 8. The molecule has 10 nitrogen and oxygen atoms in total. The number of nitro groups is 1. The number of benzene rings is 2. The van der Waals surface area contributed by atoms with Crippen LogP contribution in [-0.2, 0) is 13.2 Å². The van der Waals surface area contributed by atoms with E-state index >= 15 is 0 Å². The highest BCUT2D eigenvalue weighted by molar-refractivity contribution is 6.08. The van der Waals surface area contributed by atoms with Crippen molar-refractivity contribution in [2.45, 2.75) is 20.1 Å². The van der Waals surface area contributed by atoms with Gasteiger partial charge in [0.1, 0.15) is 12.4 Å². The lowest BCUT2D eigenvalue weighted by atomic mass is 10.1. The highest BCUT2D eigenvalue weighted by Gasteiger charge is 2.17. The third-order valence-corrected chi connectivity index (χ3v) is 4.21. The Balaban J connectivity index is 1.69. The molecule has 2 aromatic carbocycles. The number of nitrogens with two attached hydrogens (primary N) is 1. The van der Waals surface area contributed by atoms with Gasteiger partial charge in [0, 0.05) is 30.4 Å². The first-order valence-electron chi connectivity index (χ1n) is 9.02. The minimum absolute atomic E-state index is 0.0112. The monoisotopic (exact) mass is 409 g/mol. The molecule has 10 heteroatoms. The molecule has 0 bridgehead atoms. The predicted molar refractivity (Wildman–Crippen MR) is 108 cm³/mol. The van der Waals surface area contributed by atoms with Gasteiger partial charge < -0.3 is 15.8 Å². The van der Waals surface area contributed by atoms with E-state index in [-0.39, 0.29) is 23.7 Å². The normalized spacial score (nSPS) is 10.4.